The second-order valence-electron chi connectivity index (χ2n) is 3.39. The average molecular weight is 184 g/mol. The van der Waals surface area contributed by atoms with Crippen molar-refractivity contribution in [3.8, 4) is 0 Å². The van der Waals surface area contributed by atoms with E-state index in [1.807, 2.05) is 6.92 Å². The second kappa shape index (κ2) is 2.82. The van der Waals surface area contributed by atoms with Crippen LogP contribution in [-0.4, -0.2) is 29.6 Å². The molecule has 0 spiro atoms. The van der Waals surface area contributed by atoms with E-state index in [0.717, 1.165) is 6.42 Å². The molecule has 1 N–H and O–H groups in total. The molecular formula is C9H12O4. The monoisotopic (exact) mass is 184 g/mol. The van der Waals surface area contributed by atoms with E-state index in [4.69, 9.17) is 9.47 Å². The van der Waals surface area contributed by atoms with Gasteiger partial charge in [0.05, 0.1) is 12.0 Å². The van der Waals surface area contributed by atoms with Crippen LogP contribution in [0.3, 0.4) is 0 Å². The molecule has 4 heteroatoms. The second-order valence-corrected chi connectivity index (χ2v) is 3.39. The molecule has 2 aliphatic heterocycles. The molecule has 2 saturated heterocycles. The topological polar surface area (TPSA) is 55.8 Å². The first-order chi connectivity index (χ1) is 6.15. The van der Waals surface area contributed by atoms with Gasteiger partial charge in [-0.05, 0) is 6.42 Å². The zero-order chi connectivity index (χ0) is 9.59. The van der Waals surface area contributed by atoms with Crippen LogP contribution >= 0.6 is 0 Å². The molecule has 0 bridgehead atoms. The number of fused-ring (bicyclic) bond motifs is 1. The van der Waals surface area contributed by atoms with Crippen LogP contribution in [0.4, 0.5) is 0 Å². The summed E-state index contributed by atoms with van der Waals surface area (Å²) in [7, 11) is 0. The number of hydrogen-bond donors (Lipinski definition) is 1. The molecule has 2 aliphatic rings. The van der Waals surface area contributed by atoms with Crippen LogP contribution in [0.25, 0.3) is 0 Å². The molecule has 4 nitrogen and oxygen atoms in total. The van der Waals surface area contributed by atoms with Gasteiger partial charge in [-0.3, -0.25) is 0 Å². The van der Waals surface area contributed by atoms with E-state index in [-0.39, 0.29) is 18.1 Å². The van der Waals surface area contributed by atoms with Crippen LogP contribution in [0.2, 0.25) is 0 Å². The summed E-state index contributed by atoms with van der Waals surface area (Å²) in [5.41, 5.74) is 0.327. The fourth-order valence-electron chi connectivity index (χ4n) is 1.92. The number of aliphatic hydroxyl groups excluding tert-OH is 1. The molecule has 2 rings (SSSR count). The van der Waals surface area contributed by atoms with Crippen LogP contribution in [0.1, 0.15) is 13.3 Å². The Morgan fingerprint density at radius 3 is 2.92 bits per heavy atom. The zero-order valence-electron chi connectivity index (χ0n) is 7.40. The van der Waals surface area contributed by atoms with Gasteiger partial charge in [-0.2, -0.15) is 0 Å². The molecule has 0 amide bonds. The molecule has 0 radical (unpaired) electrons. The number of hydrogen-bond acceptors (Lipinski definition) is 4. The van der Waals surface area contributed by atoms with Gasteiger partial charge in [0.25, 0.3) is 0 Å². The van der Waals surface area contributed by atoms with Gasteiger partial charge in [-0.25, -0.2) is 4.79 Å². The summed E-state index contributed by atoms with van der Waals surface area (Å²) < 4.78 is 10.3. The summed E-state index contributed by atoms with van der Waals surface area (Å²) >= 11 is 0. The summed E-state index contributed by atoms with van der Waals surface area (Å²) in [6.07, 6.45) is -0.740. The summed E-state index contributed by atoms with van der Waals surface area (Å²) in [5, 5.41) is 9.47. The number of carbonyl (C=O) groups is 1. The van der Waals surface area contributed by atoms with Crippen LogP contribution < -0.4 is 0 Å². The minimum Gasteiger partial charge on any atom is -0.455 e. The number of aliphatic hydroxyl groups is 1. The Kier molecular flexibility index (Phi) is 1.89. The van der Waals surface area contributed by atoms with Crippen molar-refractivity contribution in [2.75, 3.05) is 0 Å². The third kappa shape index (κ3) is 1.09. The van der Waals surface area contributed by atoms with Gasteiger partial charge in [-0.1, -0.05) is 13.5 Å². The maximum Gasteiger partial charge on any atom is 0.334 e. The van der Waals surface area contributed by atoms with Crippen molar-refractivity contribution in [2.24, 2.45) is 5.92 Å². The standard InChI is InChI=1S/C9H12O4/c1-3-5-7-6(9(11)12-5)4(2)8(10)13-7/h5-7,9,11H,2-3H2,1H3/t5-,6+,7+,9-/m1/s1. The van der Waals surface area contributed by atoms with Crippen molar-refractivity contribution in [3.05, 3.63) is 12.2 Å². The predicted octanol–water partition coefficient (Wildman–Crippen LogP) is 0.211. The van der Waals surface area contributed by atoms with Crippen molar-refractivity contribution in [1.29, 1.82) is 0 Å². The highest BCUT2D eigenvalue weighted by atomic mass is 16.7. The van der Waals surface area contributed by atoms with Gasteiger partial charge in [0.2, 0.25) is 0 Å². The Bertz CT molecular complexity index is 260. The summed E-state index contributed by atoms with van der Waals surface area (Å²) in [4.78, 5) is 11.1. The Morgan fingerprint density at radius 1 is 1.62 bits per heavy atom. The smallest absolute Gasteiger partial charge is 0.334 e. The minimum absolute atomic E-state index is 0.191. The first-order valence-electron chi connectivity index (χ1n) is 4.38. The van der Waals surface area contributed by atoms with Gasteiger partial charge in [0, 0.05) is 5.57 Å². The molecule has 0 unspecified atom stereocenters. The molecule has 2 heterocycles. The van der Waals surface area contributed by atoms with Crippen molar-refractivity contribution in [2.45, 2.75) is 31.8 Å². The Morgan fingerprint density at radius 2 is 2.31 bits per heavy atom. The lowest BCUT2D eigenvalue weighted by Gasteiger charge is -2.12. The normalized spacial score (nSPS) is 43.5. The van der Waals surface area contributed by atoms with E-state index in [1.54, 1.807) is 0 Å². The predicted molar refractivity (Wildman–Crippen MR) is 43.7 cm³/mol. The Hall–Kier alpha value is -0.870. The molecule has 0 aromatic heterocycles. The molecule has 0 aromatic carbocycles. The van der Waals surface area contributed by atoms with Crippen LogP contribution in [0.15, 0.2) is 12.2 Å². The molecule has 0 aliphatic carbocycles. The quantitative estimate of drug-likeness (QED) is 0.467. The highest BCUT2D eigenvalue weighted by molar-refractivity contribution is 5.91. The number of esters is 1. The van der Waals surface area contributed by atoms with Crippen LogP contribution in [-0.2, 0) is 14.3 Å². The van der Waals surface area contributed by atoms with Crippen LogP contribution in [0.5, 0.6) is 0 Å². The van der Waals surface area contributed by atoms with Gasteiger partial charge < -0.3 is 14.6 Å². The lowest BCUT2D eigenvalue weighted by atomic mass is 9.95. The molecule has 72 valence electrons. The molecule has 2 fully saturated rings. The van der Waals surface area contributed by atoms with Gasteiger partial charge in [-0.15, -0.1) is 0 Å². The highest BCUT2D eigenvalue weighted by Gasteiger charge is 2.53. The van der Waals surface area contributed by atoms with E-state index >= 15 is 0 Å². The largest absolute Gasteiger partial charge is 0.455 e. The fraction of sp³-hybridized carbons (Fsp3) is 0.667. The maximum atomic E-state index is 11.1. The Labute approximate surface area is 76.1 Å². The first kappa shape index (κ1) is 8.72. The van der Waals surface area contributed by atoms with E-state index in [0.29, 0.717) is 5.57 Å². The van der Waals surface area contributed by atoms with Crippen molar-refractivity contribution in [1.82, 2.24) is 0 Å². The van der Waals surface area contributed by atoms with Gasteiger partial charge >= 0.3 is 5.97 Å². The SMILES string of the molecule is C=C1C(=O)O[C@@H]2[C@H]1[C@H](O)O[C@@H]2CC. The molecular weight excluding hydrogens is 172 g/mol. The summed E-state index contributed by atoms with van der Waals surface area (Å²) in [6, 6.07) is 0. The third-order valence-corrected chi connectivity index (χ3v) is 2.65. The molecule has 4 atom stereocenters. The summed E-state index contributed by atoms with van der Waals surface area (Å²) in [5.74, 6) is -0.770. The number of carbonyl (C=O) groups excluding carboxylic acids is 1. The van der Waals surface area contributed by atoms with Gasteiger partial charge in [0.15, 0.2) is 6.29 Å². The molecule has 0 aromatic rings. The Balaban J connectivity index is 2.24. The van der Waals surface area contributed by atoms with E-state index in [1.165, 1.54) is 0 Å². The maximum absolute atomic E-state index is 11.1. The third-order valence-electron chi connectivity index (χ3n) is 2.65. The lowest BCUT2D eigenvalue weighted by molar-refractivity contribution is -0.146. The lowest BCUT2D eigenvalue weighted by Crippen LogP contribution is -2.24. The van der Waals surface area contributed by atoms with E-state index in [2.05, 4.69) is 6.58 Å². The van der Waals surface area contributed by atoms with Crippen molar-refractivity contribution < 1.29 is 19.4 Å². The van der Waals surface area contributed by atoms with E-state index < -0.39 is 12.3 Å². The summed E-state index contributed by atoms with van der Waals surface area (Å²) in [6.45, 7) is 5.51. The zero-order valence-corrected chi connectivity index (χ0v) is 7.40. The fourth-order valence-corrected chi connectivity index (χ4v) is 1.92. The average Bonchev–Trinajstić information content (AvgIpc) is 2.54. The van der Waals surface area contributed by atoms with Crippen LogP contribution in [0, 0.1) is 5.92 Å². The minimum atomic E-state index is -0.936. The highest BCUT2D eigenvalue weighted by Crippen LogP contribution is 2.39. The van der Waals surface area contributed by atoms with Gasteiger partial charge in [0.1, 0.15) is 6.10 Å². The van der Waals surface area contributed by atoms with E-state index in [9.17, 15) is 9.90 Å². The molecule has 0 saturated carbocycles. The first-order valence-corrected chi connectivity index (χ1v) is 4.38. The molecule has 13 heavy (non-hydrogen) atoms. The number of ether oxygens (including phenoxy) is 2. The van der Waals surface area contributed by atoms with Crippen molar-refractivity contribution in [3.63, 3.8) is 0 Å². The number of rotatable bonds is 1. The van der Waals surface area contributed by atoms with Crippen molar-refractivity contribution >= 4 is 5.97 Å².